The van der Waals surface area contributed by atoms with E-state index < -0.39 is 0 Å². The molecule has 1 aromatic carbocycles. The maximum Gasteiger partial charge on any atom is 0.147 e. The average molecular weight is 233 g/mol. The van der Waals surface area contributed by atoms with Crippen molar-refractivity contribution in [1.82, 2.24) is 10.2 Å². The summed E-state index contributed by atoms with van der Waals surface area (Å²) < 4.78 is 0. The summed E-state index contributed by atoms with van der Waals surface area (Å²) >= 11 is 1.66. The summed E-state index contributed by atoms with van der Waals surface area (Å²) in [6.45, 7) is 4.27. The Morgan fingerprint density at radius 1 is 1.12 bits per heavy atom. The SMILES string of the molecule is CNc1ccc(-c2nnc(C(C)C)s2)cc1. The third kappa shape index (κ3) is 2.22. The lowest BCUT2D eigenvalue weighted by atomic mass is 10.2. The molecule has 0 unspecified atom stereocenters. The minimum Gasteiger partial charge on any atom is -0.388 e. The van der Waals surface area contributed by atoms with Crippen molar-refractivity contribution in [2.75, 3.05) is 12.4 Å². The second-order valence-corrected chi connectivity index (χ2v) is 4.94. The van der Waals surface area contributed by atoms with Crippen LogP contribution in [0, 0.1) is 0 Å². The van der Waals surface area contributed by atoms with Gasteiger partial charge in [0.1, 0.15) is 10.0 Å². The second-order valence-electron chi connectivity index (χ2n) is 3.93. The fraction of sp³-hybridized carbons (Fsp3) is 0.333. The van der Waals surface area contributed by atoms with Gasteiger partial charge < -0.3 is 5.32 Å². The van der Waals surface area contributed by atoms with E-state index in [0.717, 1.165) is 21.3 Å². The number of benzene rings is 1. The highest BCUT2D eigenvalue weighted by molar-refractivity contribution is 7.14. The number of rotatable bonds is 3. The molecule has 2 aromatic rings. The summed E-state index contributed by atoms with van der Waals surface area (Å²) in [7, 11) is 1.91. The molecule has 0 saturated heterocycles. The molecule has 0 aliphatic carbocycles. The summed E-state index contributed by atoms with van der Waals surface area (Å²) in [5.74, 6) is 0.447. The van der Waals surface area contributed by atoms with Crippen LogP contribution < -0.4 is 5.32 Å². The molecule has 16 heavy (non-hydrogen) atoms. The molecule has 0 radical (unpaired) electrons. The molecule has 1 heterocycles. The van der Waals surface area contributed by atoms with E-state index in [4.69, 9.17) is 0 Å². The van der Waals surface area contributed by atoms with E-state index in [9.17, 15) is 0 Å². The Labute approximate surface area is 99.5 Å². The van der Waals surface area contributed by atoms with Crippen molar-refractivity contribution < 1.29 is 0 Å². The van der Waals surface area contributed by atoms with E-state index in [0.29, 0.717) is 5.92 Å². The first kappa shape index (κ1) is 11.1. The Balaban J connectivity index is 2.28. The number of hydrogen-bond acceptors (Lipinski definition) is 4. The average Bonchev–Trinajstić information content (AvgIpc) is 2.78. The fourth-order valence-electron chi connectivity index (χ4n) is 1.36. The van der Waals surface area contributed by atoms with Crippen LogP contribution in [-0.4, -0.2) is 17.2 Å². The summed E-state index contributed by atoms with van der Waals surface area (Å²) in [4.78, 5) is 0. The number of hydrogen-bond donors (Lipinski definition) is 1. The number of aromatic nitrogens is 2. The molecule has 84 valence electrons. The van der Waals surface area contributed by atoms with Crippen molar-refractivity contribution in [1.29, 1.82) is 0 Å². The molecule has 0 fully saturated rings. The molecule has 3 nitrogen and oxygen atoms in total. The third-order valence-corrected chi connectivity index (χ3v) is 3.63. The van der Waals surface area contributed by atoms with Gasteiger partial charge in [0.15, 0.2) is 0 Å². The molecular formula is C12H15N3S. The van der Waals surface area contributed by atoms with E-state index in [1.54, 1.807) is 11.3 Å². The van der Waals surface area contributed by atoms with Crippen LogP contribution in [0.5, 0.6) is 0 Å². The monoisotopic (exact) mass is 233 g/mol. The van der Waals surface area contributed by atoms with E-state index in [-0.39, 0.29) is 0 Å². The Morgan fingerprint density at radius 3 is 2.31 bits per heavy atom. The van der Waals surface area contributed by atoms with Crippen molar-refractivity contribution in [3.8, 4) is 10.6 Å². The van der Waals surface area contributed by atoms with Crippen molar-refractivity contribution >= 4 is 17.0 Å². The van der Waals surface area contributed by atoms with Gasteiger partial charge in [-0.05, 0) is 24.3 Å². The van der Waals surface area contributed by atoms with Gasteiger partial charge in [-0.1, -0.05) is 25.2 Å². The largest absolute Gasteiger partial charge is 0.388 e. The number of nitrogens with zero attached hydrogens (tertiary/aromatic N) is 2. The van der Waals surface area contributed by atoms with Gasteiger partial charge in [0.25, 0.3) is 0 Å². The zero-order chi connectivity index (χ0) is 11.5. The van der Waals surface area contributed by atoms with Crippen molar-refractivity contribution in [3.05, 3.63) is 29.3 Å². The number of nitrogens with one attached hydrogen (secondary N) is 1. The molecule has 1 N–H and O–H groups in total. The lowest BCUT2D eigenvalue weighted by molar-refractivity contribution is 0.825. The van der Waals surface area contributed by atoms with Gasteiger partial charge in [-0.25, -0.2) is 0 Å². The molecule has 0 amide bonds. The minimum absolute atomic E-state index is 0.447. The van der Waals surface area contributed by atoms with Gasteiger partial charge in [0, 0.05) is 24.2 Å². The van der Waals surface area contributed by atoms with E-state index in [2.05, 4.69) is 41.5 Å². The maximum atomic E-state index is 4.21. The molecule has 4 heteroatoms. The van der Waals surface area contributed by atoms with Gasteiger partial charge in [0.2, 0.25) is 0 Å². The molecule has 0 aliphatic rings. The van der Waals surface area contributed by atoms with Gasteiger partial charge in [-0.2, -0.15) is 0 Å². The molecule has 0 saturated carbocycles. The smallest absolute Gasteiger partial charge is 0.147 e. The highest BCUT2D eigenvalue weighted by Gasteiger charge is 2.08. The fourth-order valence-corrected chi connectivity index (χ4v) is 2.22. The van der Waals surface area contributed by atoms with Gasteiger partial charge >= 0.3 is 0 Å². The predicted molar refractivity (Wildman–Crippen MR) is 69.0 cm³/mol. The van der Waals surface area contributed by atoms with Crippen LogP contribution >= 0.6 is 11.3 Å². The lowest BCUT2D eigenvalue weighted by Crippen LogP contribution is -1.86. The van der Waals surface area contributed by atoms with E-state index in [1.807, 2.05) is 19.2 Å². The molecule has 0 atom stereocenters. The third-order valence-electron chi connectivity index (χ3n) is 2.36. The first-order valence-electron chi connectivity index (χ1n) is 5.32. The van der Waals surface area contributed by atoms with Gasteiger partial charge in [0.05, 0.1) is 0 Å². The van der Waals surface area contributed by atoms with Crippen molar-refractivity contribution in [2.24, 2.45) is 0 Å². The van der Waals surface area contributed by atoms with Gasteiger partial charge in [-0.15, -0.1) is 10.2 Å². The zero-order valence-electron chi connectivity index (χ0n) is 9.69. The quantitative estimate of drug-likeness (QED) is 0.883. The summed E-state index contributed by atoms with van der Waals surface area (Å²) in [5, 5.41) is 13.6. The number of anilines is 1. The van der Waals surface area contributed by atoms with Crippen molar-refractivity contribution in [3.63, 3.8) is 0 Å². The molecule has 0 spiro atoms. The Kier molecular flexibility index (Phi) is 3.19. The molecular weight excluding hydrogens is 218 g/mol. The summed E-state index contributed by atoms with van der Waals surface area (Å²) in [6, 6.07) is 8.23. The van der Waals surface area contributed by atoms with Crippen LogP contribution in [0.2, 0.25) is 0 Å². The summed E-state index contributed by atoms with van der Waals surface area (Å²) in [6.07, 6.45) is 0. The minimum atomic E-state index is 0.447. The van der Waals surface area contributed by atoms with Crippen LogP contribution in [0.1, 0.15) is 24.8 Å². The standard InChI is InChI=1S/C12H15N3S/c1-8(2)11-14-15-12(16-11)9-4-6-10(13-3)7-5-9/h4-8,13H,1-3H3. The highest BCUT2D eigenvalue weighted by Crippen LogP contribution is 2.27. The normalized spacial score (nSPS) is 10.8. The van der Waals surface area contributed by atoms with Gasteiger partial charge in [-0.3, -0.25) is 0 Å². The Bertz CT molecular complexity index is 459. The Morgan fingerprint density at radius 2 is 1.81 bits per heavy atom. The van der Waals surface area contributed by atoms with Crippen LogP contribution in [0.15, 0.2) is 24.3 Å². The molecule has 0 bridgehead atoms. The summed E-state index contributed by atoms with van der Waals surface area (Å²) in [5.41, 5.74) is 2.24. The topological polar surface area (TPSA) is 37.8 Å². The van der Waals surface area contributed by atoms with E-state index in [1.165, 1.54) is 0 Å². The van der Waals surface area contributed by atoms with Crippen molar-refractivity contribution in [2.45, 2.75) is 19.8 Å². The van der Waals surface area contributed by atoms with Crippen LogP contribution in [0.25, 0.3) is 10.6 Å². The lowest BCUT2D eigenvalue weighted by Gasteiger charge is -2.00. The van der Waals surface area contributed by atoms with E-state index >= 15 is 0 Å². The Hall–Kier alpha value is -1.42. The maximum absolute atomic E-state index is 4.21. The molecule has 2 rings (SSSR count). The molecule has 1 aromatic heterocycles. The zero-order valence-corrected chi connectivity index (χ0v) is 10.5. The molecule has 0 aliphatic heterocycles. The van der Waals surface area contributed by atoms with Crippen LogP contribution in [0.3, 0.4) is 0 Å². The first-order valence-corrected chi connectivity index (χ1v) is 6.14. The van der Waals surface area contributed by atoms with Crippen LogP contribution in [0.4, 0.5) is 5.69 Å². The first-order chi connectivity index (χ1) is 7.70. The highest BCUT2D eigenvalue weighted by atomic mass is 32.1. The predicted octanol–water partition coefficient (Wildman–Crippen LogP) is 3.37. The second kappa shape index (κ2) is 4.61. The van der Waals surface area contributed by atoms with Crippen LogP contribution in [-0.2, 0) is 0 Å².